The number of nitrogens with two attached hydrogens (primary N) is 1. The van der Waals surface area contributed by atoms with Gasteiger partial charge in [0.05, 0.1) is 0 Å². The lowest BCUT2D eigenvalue weighted by Crippen LogP contribution is -2.28. The zero-order valence-electron chi connectivity index (χ0n) is 24.2. The lowest BCUT2D eigenvalue weighted by atomic mass is 10.2. The van der Waals surface area contributed by atoms with Crippen LogP contribution in [0.3, 0.4) is 0 Å². The number of hydrogen-bond acceptors (Lipinski definition) is 6. The molecule has 10 heteroatoms. The number of carbonyl (C=O) groups excluding carboxylic acids is 2. The largest absolute Gasteiger partial charge is 0.350 e. The van der Waals surface area contributed by atoms with E-state index in [2.05, 4.69) is 36.6 Å². The molecule has 0 atom stereocenters. The molecule has 4 aromatic carbocycles. The molecule has 1 heterocycles. The number of carbonyl (C=O) groups is 2. The number of amides is 4. The third-order valence-corrected chi connectivity index (χ3v) is 6.27. The van der Waals surface area contributed by atoms with Crippen molar-refractivity contribution >= 4 is 29.4 Å². The van der Waals surface area contributed by atoms with E-state index >= 15 is 0 Å². The topological polar surface area (TPSA) is 146 Å². The van der Waals surface area contributed by atoms with Crippen LogP contribution in [-0.4, -0.2) is 22.0 Å². The fourth-order valence-corrected chi connectivity index (χ4v) is 3.91. The highest BCUT2D eigenvalue weighted by atomic mass is 16.2. The number of benzene rings is 4. The van der Waals surface area contributed by atoms with Crippen LogP contribution in [0.1, 0.15) is 23.7 Å². The number of nitrogens with one attached hydrogen (secondary N) is 5. The summed E-state index contributed by atoms with van der Waals surface area (Å²) in [7, 11) is 0. The summed E-state index contributed by atoms with van der Waals surface area (Å²) in [5.74, 6) is 0.588. The molecule has 0 saturated heterocycles. The van der Waals surface area contributed by atoms with Crippen LogP contribution in [0.5, 0.6) is 0 Å². The molecule has 0 aliphatic heterocycles. The van der Waals surface area contributed by atoms with Gasteiger partial charge < -0.3 is 32.3 Å². The zero-order valence-corrected chi connectivity index (χ0v) is 24.2. The van der Waals surface area contributed by atoms with Crippen molar-refractivity contribution < 1.29 is 11.0 Å². The van der Waals surface area contributed by atoms with Crippen LogP contribution in [-0.2, 0) is 26.2 Å². The summed E-state index contributed by atoms with van der Waals surface area (Å²) in [6.45, 7) is 2.12. The fraction of sp³-hybridized carbons (Fsp3) is 0.118. The minimum atomic E-state index is -0.229. The van der Waals surface area contributed by atoms with Crippen molar-refractivity contribution in [3.05, 3.63) is 150 Å². The van der Waals surface area contributed by atoms with Crippen LogP contribution in [0.15, 0.2) is 128 Å². The van der Waals surface area contributed by atoms with Crippen LogP contribution in [0, 0.1) is 0 Å². The van der Waals surface area contributed by atoms with Gasteiger partial charge in [-0.05, 0) is 52.6 Å². The van der Waals surface area contributed by atoms with Crippen molar-refractivity contribution in [3.63, 3.8) is 0 Å². The summed E-state index contributed by atoms with van der Waals surface area (Å²) < 4.78 is 0. The molecule has 0 aliphatic rings. The summed E-state index contributed by atoms with van der Waals surface area (Å²) in [6.07, 6.45) is 3.38. The molecule has 0 saturated carbocycles. The Morgan fingerprint density at radius 3 is 1.43 bits per heavy atom. The molecule has 0 bridgehead atoms. The lowest BCUT2D eigenvalue weighted by molar-refractivity contribution is 0.251. The van der Waals surface area contributed by atoms with Gasteiger partial charge >= 0.3 is 12.1 Å². The van der Waals surface area contributed by atoms with Gasteiger partial charge in [-0.3, -0.25) is 0 Å². The van der Waals surface area contributed by atoms with E-state index in [9.17, 15) is 9.59 Å². The van der Waals surface area contributed by atoms with Gasteiger partial charge in [0.15, 0.2) is 0 Å². The first-order valence-corrected chi connectivity index (χ1v) is 14.1. The number of hydrogen-bond donors (Lipinski definition) is 6. The monoisotopic (exact) mass is 591 g/mol. The molecule has 0 unspecified atom stereocenters. The third kappa shape index (κ3) is 11.3. The minimum absolute atomic E-state index is 0. The van der Waals surface area contributed by atoms with Crippen LogP contribution in [0.4, 0.5) is 26.9 Å². The predicted molar refractivity (Wildman–Crippen MR) is 177 cm³/mol. The molecule has 0 radical (unpaired) electrons. The van der Waals surface area contributed by atoms with Crippen LogP contribution < -0.4 is 32.3 Å². The highest BCUT2D eigenvalue weighted by Gasteiger charge is 2.03. The molecule has 10 nitrogen and oxygen atoms in total. The van der Waals surface area contributed by atoms with E-state index in [-0.39, 0.29) is 13.5 Å². The minimum Gasteiger partial charge on any atom is -0.350 e. The molecule has 7 N–H and O–H groups in total. The normalized spacial score (nSPS) is 10.0. The maximum atomic E-state index is 11.9. The molecule has 226 valence electrons. The smallest absolute Gasteiger partial charge is 0.319 e. The van der Waals surface area contributed by atoms with Crippen molar-refractivity contribution in [2.24, 2.45) is 5.73 Å². The van der Waals surface area contributed by atoms with Gasteiger partial charge in [0.25, 0.3) is 0 Å². The van der Waals surface area contributed by atoms with Gasteiger partial charge in [-0.15, -0.1) is 0 Å². The van der Waals surface area contributed by atoms with E-state index < -0.39 is 0 Å². The molecule has 0 aliphatic carbocycles. The molecular formula is C34H38N8O2. The van der Waals surface area contributed by atoms with E-state index in [0.717, 1.165) is 33.6 Å². The Bertz CT molecular complexity index is 1560. The standard InChI is InChI=1S/C19H19N5O.C15H17N3O.H2/c25-19(23-14-15-5-2-1-3-6-15)24-17-9-7-16(8-10-17)13-22-18-20-11-4-12-21-18;16-10-12-6-8-14(9-7-12)18-15(19)17-11-13-4-2-1-3-5-13;/h1-12H,13-14H2,(H,20,21,22)(H2,23,24,25);1-9H,10-11,16H2,(H2,17,18,19);1H/i;;1+1. The molecule has 5 rings (SSSR count). The fourth-order valence-electron chi connectivity index (χ4n) is 3.91. The van der Waals surface area contributed by atoms with Gasteiger partial charge in [0, 0.05) is 51.4 Å². The van der Waals surface area contributed by atoms with Crippen molar-refractivity contribution in [3.8, 4) is 0 Å². The number of nitrogens with zero attached hydrogens (tertiary/aromatic N) is 2. The SMILES string of the molecule is NCc1ccc(NC(=O)NCc2ccccc2)cc1.O=C(NCc1ccccc1)Nc1ccc(CNc2ncccn2)cc1.[2HH]. The van der Waals surface area contributed by atoms with Crippen LogP contribution in [0.2, 0.25) is 0 Å². The van der Waals surface area contributed by atoms with E-state index in [4.69, 9.17) is 5.73 Å². The van der Waals surface area contributed by atoms with E-state index in [1.807, 2.05) is 109 Å². The second kappa shape index (κ2) is 17.3. The first-order valence-electron chi connectivity index (χ1n) is 14.1. The number of aromatic nitrogens is 2. The van der Waals surface area contributed by atoms with E-state index in [1.165, 1.54) is 0 Å². The average molecular weight is 592 g/mol. The maximum Gasteiger partial charge on any atom is 0.319 e. The Labute approximate surface area is 258 Å². The second-order valence-electron chi connectivity index (χ2n) is 9.61. The van der Waals surface area contributed by atoms with Gasteiger partial charge in [-0.1, -0.05) is 84.9 Å². The molecule has 0 spiro atoms. The van der Waals surface area contributed by atoms with Gasteiger partial charge in [-0.25, -0.2) is 19.6 Å². The highest BCUT2D eigenvalue weighted by Crippen LogP contribution is 2.11. The predicted octanol–water partition coefficient (Wildman–Crippen LogP) is 6.12. The van der Waals surface area contributed by atoms with Gasteiger partial charge in [0.2, 0.25) is 5.95 Å². The van der Waals surface area contributed by atoms with E-state index in [0.29, 0.717) is 32.1 Å². The molecule has 5 aromatic rings. The van der Waals surface area contributed by atoms with Crippen molar-refractivity contribution in [2.75, 3.05) is 16.0 Å². The molecule has 0 fully saturated rings. The van der Waals surface area contributed by atoms with Crippen molar-refractivity contribution in [1.82, 2.24) is 20.6 Å². The first-order chi connectivity index (χ1) is 21.6. The maximum absolute atomic E-state index is 11.9. The number of anilines is 3. The highest BCUT2D eigenvalue weighted by molar-refractivity contribution is 5.89. The Morgan fingerprint density at radius 2 is 0.977 bits per heavy atom. The quantitative estimate of drug-likeness (QED) is 0.115. The lowest BCUT2D eigenvalue weighted by Gasteiger charge is -2.09. The average Bonchev–Trinajstić information content (AvgIpc) is 3.08. The second-order valence-corrected chi connectivity index (χ2v) is 9.61. The van der Waals surface area contributed by atoms with E-state index in [1.54, 1.807) is 18.5 Å². The summed E-state index contributed by atoms with van der Waals surface area (Å²) in [5, 5.41) is 14.4. The summed E-state index contributed by atoms with van der Waals surface area (Å²) >= 11 is 0. The molecule has 1 aromatic heterocycles. The number of rotatable bonds is 10. The summed E-state index contributed by atoms with van der Waals surface area (Å²) in [5.41, 5.74) is 11.2. The zero-order chi connectivity index (χ0) is 30.8. The van der Waals surface area contributed by atoms with Crippen LogP contribution in [0.25, 0.3) is 0 Å². The molecule has 44 heavy (non-hydrogen) atoms. The first kappa shape index (κ1) is 31.2. The third-order valence-electron chi connectivity index (χ3n) is 6.27. The summed E-state index contributed by atoms with van der Waals surface area (Å²) in [6, 6.07) is 36.0. The molecule has 4 amide bonds. The van der Waals surface area contributed by atoms with Gasteiger partial charge in [-0.2, -0.15) is 0 Å². The van der Waals surface area contributed by atoms with Crippen molar-refractivity contribution in [1.29, 1.82) is 0 Å². The Kier molecular flexibility index (Phi) is 12.2. The summed E-state index contributed by atoms with van der Waals surface area (Å²) in [4.78, 5) is 31.8. The Hall–Kier alpha value is -5.74. The van der Waals surface area contributed by atoms with Gasteiger partial charge in [0.1, 0.15) is 0 Å². The number of urea groups is 2. The van der Waals surface area contributed by atoms with Crippen LogP contribution >= 0.6 is 0 Å². The molecular weight excluding hydrogens is 552 g/mol. The van der Waals surface area contributed by atoms with Crippen molar-refractivity contribution in [2.45, 2.75) is 26.2 Å². The Morgan fingerprint density at radius 1 is 0.545 bits per heavy atom. The Balaban J connectivity index is 0.000000249.